The zero-order valence-electron chi connectivity index (χ0n) is 20.6. The van der Waals surface area contributed by atoms with Gasteiger partial charge in [0.25, 0.3) is 11.5 Å². The summed E-state index contributed by atoms with van der Waals surface area (Å²) in [6, 6.07) is 20.3. The molecule has 3 heterocycles. The third kappa shape index (κ3) is 4.76. The van der Waals surface area contributed by atoms with Crippen LogP contribution in [-0.2, 0) is 25.9 Å². The summed E-state index contributed by atoms with van der Waals surface area (Å²) in [5.41, 5.74) is 5.04. The van der Waals surface area contributed by atoms with Gasteiger partial charge < -0.3 is 19.1 Å². The highest BCUT2D eigenvalue weighted by atomic mass is 16.5. The van der Waals surface area contributed by atoms with Gasteiger partial charge >= 0.3 is 0 Å². The second-order valence-corrected chi connectivity index (χ2v) is 9.63. The fraction of sp³-hybridized carbons (Fsp3) is 0.379. The van der Waals surface area contributed by atoms with Crippen molar-refractivity contribution in [2.24, 2.45) is 0 Å². The highest BCUT2D eigenvalue weighted by Gasteiger charge is 2.30. The van der Waals surface area contributed by atoms with Crippen LogP contribution in [0.1, 0.15) is 45.6 Å². The fourth-order valence-corrected chi connectivity index (χ4v) is 5.47. The minimum atomic E-state index is -0.102. The molecule has 35 heavy (non-hydrogen) atoms. The summed E-state index contributed by atoms with van der Waals surface area (Å²) in [5.74, 6) is 0.723. The summed E-state index contributed by atoms with van der Waals surface area (Å²) < 4.78 is 7.38. The number of hydrogen-bond acceptors (Lipinski definition) is 4. The number of fused-ring (bicyclic) bond motifs is 2. The molecule has 0 aliphatic carbocycles. The summed E-state index contributed by atoms with van der Waals surface area (Å²) in [4.78, 5) is 31.1. The third-order valence-electron chi connectivity index (χ3n) is 7.44. The Morgan fingerprint density at radius 2 is 1.69 bits per heavy atom. The van der Waals surface area contributed by atoms with Crippen LogP contribution in [0.5, 0.6) is 5.75 Å². The van der Waals surface area contributed by atoms with E-state index in [1.54, 1.807) is 11.7 Å². The molecule has 3 aromatic rings. The van der Waals surface area contributed by atoms with E-state index in [0.717, 1.165) is 31.7 Å². The molecule has 0 N–H and O–H groups in total. The van der Waals surface area contributed by atoms with E-state index in [9.17, 15) is 9.59 Å². The van der Waals surface area contributed by atoms with Crippen LogP contribution in [0.15, 0.2) is 65.5 Å². The molecule has 6 heteroatoms. The monoisotopic (exact) mass is 471 g/mol. The lowest BCUT2D eigenvalue weighted by molar-refractivity contribution is 0.0728. The zero-order chi connectivity index (χ0) is 24.4. The molecule has 0 saturated heterocycles. The highest BCUT2D eigenvalue weighted by Crippen LogP contribution is 2.28. The van der Waals surface area contributed by atoms with Crippen molar-refractivity contribution in [2.75, 3.05) is 33.3 Å². The molecule has 2 aliphatic rings. The minimum absolute atomic E-state index is 0.0498. The SMILES string of the molecule is COc1cc(=O)n2c(c1C(=O)N1CCc3ccccc3C1)CCN(C[C@H](C)c1ccccc1)CC2. The minimum Gasteiger partial charge on any atom is -0.496 e. The number of pyridine rings is 1. The maximum absolute atomic E-state index is 13.8. The Bertz CT molecular complexity index is 1270. The second kappa shape index (κ2) is 10.1. The van der Waals surface area contributed by atoms with Gasteiger partial charge in [0.05, 0.1) is 7.11 Å². The lowest BCUT2D eigenvalue weighted by atomic mass is 9.98. The normalized spacial score (nSPS) is 16.7. The van der Waals surface area contributed by atoms with Crippen LogP contribution in [-0.4, -0.2) is 53.6 Å². The molecular weight excluding hydrogens is 438 g/mol. The molecular formula is C29H33N3O3. The van der Waals surface area contributed by atoms with Gasteiger partial charge in [-0.1, -0.05) is 61.5 Å². The molecule has 0 saturated carbocycles. The molecule has 0 spiro atoms. The Kier molecular flexibility index (Phi) is 6.73. The standard InChI is InChI=1S/C29H33N3O3/c1-21(22-8-4-3-5-9-22)19-30-14-13-25-28(26(35-2)18-27(33)32(25)17-16-30)29(34)31-15-12-23-10-6-7-11-24(23)20-31/h3-11,18,21H,12-17,19-20H2,1-2H3/t21-/m0/s1. The summed E-state index contributed by atoms with van der Waals surface area (Å²) in [5, 5.41) is 0. The van der Waals surface area contributed by atoms with E-state index in [4.69, 9.17) is 4.74 Å². The molecule has 2 aliphatic heterocycles. The van der Waals surface area contributed by atoms with Gasteiger partial charge in [0.2, 0.25) is 0 Å². The molecule has 0 bridgehead atoms. The molecule has 1 atom stereocenters. The Balaban J connectivity index is 1.41. The summed E-state index contributed by atoms with van der Waals surface area (Å²) in [6.45, 7) is 6.55. The quantitative estimate of drug-likeness (QED) is 0.569. The summed E-state index contributed by atoms with van der Waals surface area (Å²) >= 11 is 0. The topological polar surface area (TPSA) is 54.8 Å². The van der Waals surface area contributed by atoms with Crippen LogP contribution in [0.4, 0.5) is 0 Å². The van der Waals surface area contributed by atoms with Crippen LogP contribution >= 0.6 is 0 Å². The average Bonchev–Trinajstić information content (AvgIpc) is 3.11. The van der Waals surface area contributed by atoms with E-state index in [2.05, 4.69) is 48.2 Å². The smallest absolute Gasteiger partial charge is 0.259 e. The Labute approximate surface area is 206 Å². The molecule has 2 aromatic carbocycles. The zero-order valence-corrected chi connectivity index (χ0v) is 20.6. The van der Waals surface area contributed by atoms with Crippen molar-refractivity contribution in [2.45, 2.75) is 38.8 Å². The van der Waals surface area contributed by atoms with Crippen LogP contribution in [0.3, 0.4) is 0 Å². The number of amides is 1. The molecule has 182 valence electrons. The van der Waals surface area contributed by atoms with Gasteiger partial charge in [-0.25, -0.2) is 0 Å². The number of carbonyl (C=O) groups is 1. The largest absolute Gasteiger partial charge is 0.496 e. The number of ether oxygens (including phenoxy) is 1. The molecule has 5 rings (SSSR count). The van der Waals surface area contributed by atoms with Crippen molar-refractivity contribution >= 4 is 5.91 Å². The van der Waals surface area contributed by atoms with E-state index in [1.165, 1.54) is 22.8 Å². The lowest BCUT2D eigenvalue weighted by Gasteiger charge is -2.30. The Morgan fingerprint density at radius 3 is 2.46 bits per heavy atom. The molecule has 6 nitrogen and oxygen atoms in total. The van der Waals surface area contributed by atoms with E-state index in [1.807, 2.05) is 23.1 Å². The first-order valence-electron chi connectivity index (χ1n) is 12.5. The first kappa shape index (κ1) is 23.4. The number of aromatic nitrogens is 1. The molecule has 0 fully saturated rings. The number of methoxy groups -OCH3 is 1. The van der Waals surface area contributed by atoms with Crippen LogP contribution < -0.4 is 10.3 Å². The fourth-order valence-electron chi connectivity index (χ4n) is 5.47. The van der Waals surface area contributed by atoms with Crippen molar-refractivity contribution in [1.29, 1.82) is 0 Å². The van der Waals surface area contributed by atoms with Gasteiger partial charge in [-0.15, -0.1) is 0 Å². The number of carbonyl (C=O) groups excluding carboxylic acids is 1. The van der Waals surface area contributed by atoms with Gasteiger partial charge in [-0.2, -0.15) is 0 Å². The van der Waals surface area contributed by atoms with Gasteiger partial charge in [-0.3, -0.25) is 9.59 Å². The first-order chi connectivity index (χ1) is 17.0. The van der Waals surface area contributed by atoms with Crippen molar-refractivity contribution < 1.29 is 9.53 Å². The van der Waals surface area contributed by atoms with Crippen LogP contribution in [0, 0.1) is 0 Å². The first-order valence-corrected chi connectivity index (χ1v) is 12.5. The molecule has 1 amide bonds. The van der Waals surface area contributed by atoms with Crippen molar-refractivity contribution in [3.05, 3.63) is 99.0 Å². The number of benzene rings is 2. The van der Waals surface area contributed by atoms with E-state index < -0.39 is 0 Å². The number of nitrogens with zero attached hydrogens (tertiary/aromatic N) is 3. The predicted molar refractivity (Wildman–Crippen MR) is 137 cm³/mol. The van der Waals surface area contributed by atoms with Gasteiger partial charge in [0, 0.05) is 57.4 Å². The second-order valence-electron chi connectivity index (χ2n) is 9.63. The summed E-state index contributed by atoms with van der Waals surface area (Å²) in [6.07, 6.45) is 1.48. The van der Waals surface area contributed by atoms with E-state index >= 15 is 0 Å². The average molecular weight is 472 g/mol. The van der Waals surface area contributed by atoms with Crippen molar-refractivity contribution in [3.8, 4) is 5.75 Å². The van der Waals surface area contributed by atoms with Gasteiger partial charge in [0.1, 0.15) is 11.3 Å². The third-order valence-corrected chi connectivity index (χ3v) is 7.44. The maximum Gasteiger partial charge on any atom is 0.259 e. The Morgan fingerprint density at radius 1 is 0.943 bits per heavy atom. The molecule has 0 unspecified atom stereocenters. The number of rotatable bonds is 5. The lowest BCUT2D eigenvalue weighted by Crippen LogP contribution is -2.38. The number of hydrogen-bond donors (Lipinski definition) is 0. The van der Waals surface area contributed by atoms with E-state index in [0.29, 0.717) is 43.3 Å². The van der Waals surface area contributed by atoms with Gasteiger partial charge in [-0.05, 0) is 29.0 Å². The Hall–Kier alpha value is -3.38. The van der Waals surface area contributed by atoms with Crippen LogP contribution in [0.2, 0.25) is 0 Å². The van der Waals surface area contributed by atoms with E-state index in [-0.39, 0.29) is 11.5 Å². The van der Waals surface area contributed by atoms with Crippen molar-refractivity contribution in [3.63, 3.8) is 0 Å². The molecule has 0 radical (unpaired) electrons. The van der Waals surface area contributed by atoms with Gasteiger partial charge in [0.15, 0.2) is 0 Å². The predicted octanol–water partition coefficient (Wildman–Crippen LogP) is 3.72. The highest BCUT2D eigenvalue weighted by molar-refractivity contribution is 5.98. The summed E-state index contributed by atoms with van der Waals surface area (Å²) in [7, 11) is 1.54. The van der Waals surface area contributed by atoms with Crippen LogP contribution in [0.25, 0.3) is 0 Å². The maximum atomic E-state index is 13.8. The van der Waals surface area contributed by atoms with Crippen molar-refractivity contribution in [1.82, 2.24) is 14.4 Å². The molecule has 1 aromatic heterocycles.